The number of hydrazone groups is 1. The predicted molar refractivity (Wildman–Crippen MR) is 126 cm³/mol. The van der Waals surface area contributed by atoms with Crippen molar-refractivity contribution in [3.63, 3.8) is 0 Å². The third-order valence-electron chi connectivity index (χ3n) is 3.89. The van der Waals surface area contributed by atoms with Crippen molar-refractivity contribution >= 4 is 63.6 Å². The van der Waals surface area contributed by atoms with Crippen molar-refractivity contribution in [3.05, 3.63) is 96.0 Å². The first-order chi connectivity index (χ1) is 13.5. The maximum atomic E-state index is 6.17. The lowest BCUT2D eigenvalue weighted by molar-refractivity contribution is 0.306. The van der Waals surface area contributed by atoms with Crippen molar-refractivity contribution in [2.75, 3.05) is 0 Å². The fourth-order valence-electron chi connectivity index (χ4n) is 2.43. The molecule has 0 amide bonds. The summed E-state index contributed by atoms with van der Waals surface area (Å²) in [5, 5.41) is 6.06. The summed E-state index contributed by atoms with van der Waals surface area (Å²) in [4.78, 5) is 0. The predicted octanol–water partition coefficient (Wildman–Crippen LogP) is 6.95. The van der Waals surface area contributed by atoms with Crippen LogP contribution in [0.2, 0.25) is 15.1 Å². The van der Waals surface area contributed by atoms with E-state index in [1.807, 2.05) is 30.3 Å². The Morgan fingerprint density at radius 2 is 1.68 bits per heavy atom. The first-order valence-corrected chi connectivity index (χ1v) is 10.6. The quantitative estimate of drug-likeness (QED) is 0.198. The van der Waals surface area contributed by atoms with Crippen LogP contribution in [0.3, 0.4) is 0 Å². The zero-order valence-electron chi connectivity index (χ0n) is 14.6. The van der Waals surface area contributed by atoms with Crippen molar-refractivity contribution in [1.82, 2.24) is 5.43 Å². The number of hydrogen-bond donors (Lipinski definition) is 1. The van der Waals surface area contributed by atoms with E-state index in [4.69, 9.17) is 39.5 Å². The molecule has 0 aliphatic heterocycles. The van der Waals surface area contributed by atoms with Crippen LogP contribution >= 0.6 is 57.4 Å². The highest BCUT2D eigenvalue weighted by molar-refractivity contribution is 14.1. The van der Waals surface area contributed by atoms with Crippen molar-refractivity contribution in [1.29, 1.82) is 0 Å². The van der Waals surface area contributed by atoms with Crippen LogP contribution in [0.15, 0.2) is 65.8 Å². The van der Waals surface area contributed by atoms with Gasteiger partial charge in [-0.2, -0.15) is 5.10 Å². The molecule has 0 radical (unpaired) electrons. The molecule has 3 nitrogen and oxygen atoms in total. The van der Waals surface area contributed by atoms with Crippen molar-refractivity contribution in [2.24, 2.45) is 5.10 Å². The Hall–Kier alpha value is -1.47. The van der Waals surface area contributed by atoms with Gasteiger partial charge in [0, 0.05) is 29.8 Å². The molecule has 0 aliphatic rings. The maximum Gasteiger partial charge on any atom is 0.128 e. The molecule has 0 saturated carbocycles. The summed E-state index contributed by atoms with van der Waals surface area (Å²) < 4.78 is 7.13. The summed E-state index contributed by atoms with van der Waals surface area (Å²) in [5.74, 6) is 0.698. The van der Waals surface area contributed by atoms with E-state index in [-0.39, 0.29) is 0 Å². The summed E-state index contributed by atoms with van der Waals surface area (Å²) in [5.41, 5.74) is 5.62. The fourth-order valence-corrected chi connectivity index (χ4v) is 3.51. The molecule has 0 saturated heterocycles. The van der Waals surface area contributed by atoms with Crippen LogP contribution < -0.4 is 10.2 Å². The molecule has 3 rings (SSSR count). The molecule has 0 bridgehead atoms. The van der Waals surface area contributed by atoms with Crippen LogP contribution in [0.5, 0.6) is 5.75 Å². The lowest BCUT2D eigenvalue weighted by atomic mass is 10.2. The minimum Gasteiger partial charge on any atom is -0.488 e. The van der Waals surface area contributed by atoms with E-state index in [0.29, 0.717) is 34.0 Å². The Labute approximate surface area is 192 Å². The van der Waals surface area contributed by atoms with Crippen LogP contribution in [0.25, 0.3) is 0 Å². The van der Waals surface area contributed by atoms with Gasteiger partial charge in [0.1, 0.15) is 12.4 Å². The number of hydrogen-bond acceptors (Lipinski definition) is 3. The SMILES string of the molecule is Clc1ccc(OCc2ccc(I)cc2)c(/C=N/NCc2c(Cl)cccc2Cl)c1. The number of nitrogens with one attached hydrogen (secondary N) is 1. The maximum absolute atomic E-state index is 6.17. The summed E-state index contributed by atoms with van der Waals surface area (Å²) >= 11 is 20.7. The number of nitrogens with zero attached hydrogens (tertiary/aromatic N) is 1. The summed E-state index contributed by atoms with van der Waals surface area (Å²) in [7, 11) is 0. The van der Waals surface area contributed by atoms with Gasteiger partial charge in [-0.15, -0.1) is 0 Å². The molecule has 0 heterocycles. The highest BCUT2D eigenvalue weighted by Crippen LogP contribution is 2.24. The van der Waals surface area contributed by atoms with Crippen molar-refractivity contribution < 1.29 is 4.74 Å². The van der Waals surface area contributed by atoms with Gasteiger partial charge in [-0.1, -0.05) is 53.0 Å². The summed E-state index contributed by atoms with van der Waals surface area (Å²) in [6.45, 7) is 0.871. The van der Waals surface area contributed by atoms with Crippen LogP contribution in [0.1, 0.15) is 16.7 Å². The third kappa shape index (κ3) is 6.01. The van der Waals surface area contributed by atoms with E-state index in [0.717, 1.165) is 16.7 Å². The minimum atomic E-state index is 0.411. The van der Waals surface area contributed by atoms with E-state index in [2.05, 4.69) is 33.1 Å². The fraction of sp³-hybridized carbons (Fsp3) is 0.0952. The molecular formula is C21H16Cl3IN2O. The summed E-state index contributed by atoms with van der Waals surface area (Å²) in [6, 6.07) is 19.0. The van der Waals surface area contributed by atoms with E-state index >= 15 is 0 Å². The van der Waals surface area contributed by atoms with Crippen LogP contribution in [0, 0.1) is 3.57 Å². The monoisotopic (exact) mass is 544 g/mol. The first kappa shape index (κ1) is 21.2. The Bertz CT molecular complexity index is 958. The van der Waals surface area contributed by atoms with Crippen LogP contribution in [-0.4, -0.2) is 6.21 Å². The molecule has 0 aromatic heterocycles. The van der Waals surface area contributed by atoms with Gasteiger partial charge >= 0.3 is 0 Å². The molecule has 0 fully saturated rings. The normalized spacial score (nSPS) is 11.0. The topological polar surface area (TPSA) is 33.6 Å². The van der Waals surface area contributed by atoms with E-state index in [1.165, 1.54) is 3.57 Å². The molecule has 0 spiro atoms. The summed E-state index contributed by atoms with van der Waals surface area (Å²) in [6.07, 6.45) is 1.67. The van der Waals surface area contributed by atoms with Crippen LogP contribution in [0.4, 0.5) is 0 Å². The average Bonchev–Trinajstić information content (AvgIpc) is 2.67. The molecule has 0 aliphatic carbocycles. The van der Waals surface area contributed by atoms with Crippen LogP contribution in [-0.2, 0) is 13.2 Å². The second-order valence-electron chi connectivity index (χ2n) is 5.89. The van der Waals surface area contributed by atoms with Gasteiger partial charge in [-0.25, -0.2) is 0 Å². The first-order valence-electron chi connectivity index (χ1n) is 8.38. The number of halogens is 4. The minimum absolute atomic E-state index is 0.411. The molecule has 0 unspecified atom stereocenters. The zero-order valence-corrected chi connectivity index (χ0v) is 19.1. The van der Waals surface area contributed by atoms with E-state index < -0.39 is 0 Å². The molecule has 1 N–H and O–H groups in total. The van der Waals surface area contributed by atoms with Gasteiger partial charge in [-0.3, -0.25) is 0 Å². The van der Waals surface area contributed by atoms with Gasteiger partial charge in [-0.05, 0) is 70.6 Å². The van der Waals surface area contributed by atoms with Crippen molar-refractivity contribution in [3.8, 4) is 5.75 Å². The lowest BCUT2D eigenvalue weighted by Gasteiger charge is -2.10. The van der Waals surface area contributed by atoms with Gasteiger partial charge < -0.3 is 10.2 Å². The number of ether oxygens (including phenoxy) is 1. The average molecular weight is 546 g/mol. The molecule has 144 valence electrons. The highest BCUT2D eigenvalue weighted by atomic mass is 127. The number of rotatable bonds is 7. The van der Waals surface area contributed by atoms with Crippen molar-refractivity contribution in [2.45, 2.75) is 13.2 Å². The van der Waals surface area contributed by atoms with Gasteiger partial charge in [0.15, 0.2) is 0 Å². The molecule has 3 aromatic rings. The Morgan fingerprint density at radius 1 is 0.964 bits per heavy atom. The second-order valence-corrected chi connectivity index (χ2v) is 8.39. The third-order valence-corrected chi connectivity index (χ3v) is 5.55. The largest absolute Gasteiger partial charge is 0.488 e. The van der Waals surface area contributed by atoms with E-state index in [1.54, 1.807) is 36.5 Å². The van der Waals surface area contributed by atoms with E-state index in [9.17, 15) is 0 Å². The van der Waals surface area contributed by atoms with Gasteiger partial charge in [0.25, 0.3) is 0 Å². The molecule has 3 aromatic carbocycles. The molecular weight excluding hydrogens is 530 g/mol. The zero-order chi connectivity index (χ0) is 19.9. The smallest absolute Gasteiger partial charge is 0.128 e. The molecule has 0 atom stereocenters. The second kappa shape index (κ2) is 10.3. The molecule has 28 heavy (non-hydrogen) atoms. The molecule has 7 heteroatoms. The Morgan fingerprint density at radius 3 is 2.39 bits per heavy atom. The Balaban J connectivity index is 1.66. The Kier molecular flexibility index (Phi) is 7.85. The highest BCUT2D eigenvalue weighted by Gasteiger charge is 2.06. The lowest BCUT2D eigenvalue weighted by Crippen LogP contribution is -2.07. The van der Waals surface area contributed by atoms with Gasteiger partial charge in [0.05, 0.1) is 12.8 Å². The van der Waals surface area contributed by atoms with Gasteiger partial charge in [0.2, 0.25) is 0 Å². The standard InChI is InChI=1S/C21H16Cl3IN2O/c22-16-6-9-21(28-13-14-4-7-17(25)8-5-14)15(10-16)11-26-27-12-18-19(23)2-1-3-20(18)24/h1-11,27H,12-13H2/b26-11+. The number of benzene rings is 3.